The third-order valence-corrected chi connectivity index (χ3v) is 3.85. The number of hydrogen-bond donors (Lipinski definition) is 0. The van der Waals surface area contributed by atoms with Crippen molar-refractivity contribution in [1.29, 1.82) is 0 Å². The Labute approximate surface area is 117 Å². The minimum atomic E-state index is -0.111. The van der Waals surface area contributed by atoms with Gasteiger partial charge < -0.3 is 4.74 Å². The Morgan fingerprint density at radius 2 is 2.00 bits per heavy atom. The predicted molar refractivity (Wildman–Crippen MR) is 73.6 cm³/mol. The average molecular weight is 287 g/mol. The van der Waals surface area contributed by atoms with Gasteiger partial charge in [0.2, 0.25) is 0 Å². The Kier molecular flexibility index (Phi) is 5.04. The lowest BCUT2D eigenvalue weighted by atomic mass is 10.1. The van der Waals surface area contributed by atoms with Crippen LogP contribution in [0, 0.1) is 5.92 Å². The van der Waals surface area contributed by atoms with Crippen LogP contribution in [-0.2, 0) is 4.74 Å². The molecule has 98 valence electrons. The SMILES string of the molecule is O=C(COCC1CCCC1)c1cc(Cl)ccc1Cl. The van der Waals surface area contributed by atoms with Crippen LogP contribution < -0.4 is 0 Å². The van der Waals surface area contributed by atoms with Gasteiger partial charge in [0.1, 0.15) is 6.61 Å². The Balaban J connectivity index is 1.85. The standard InChI is InChI=1S/C14H16Cl2O2/c15-11-5-6-13(16)12(7-11)14(17)9-18-8-10-3-1-2-4-10/h5-7,10H,1-4,8-9H2. The highest BCUT2D eigenvalue weighted by molar-refractivity contribution is 6.35. The van der Waals surface area contributed by atoms with Crippen molar-refractivity contribution in [2.75, 3.05) is 13.2 Å². The van der Waals surface area contributed by atoms with Gasteiger partial charge in [0.25, 0.3) is 0 Å². The van der Waals surface area contributed by atoms with Crippen LogP contribution in [0.2, 0.25) is 10.0 Å². The minimum Gasteiger partial charge on any atom is -0.373 e. The molecule has 18 heavy (non-hydrogen) atoms. The summed E-state index contributed by atoms with van der Waals surface area (Å²) in [4.78, 5) is 11.9. The quantitative estimate of drug-likeness (QED) is 0.751. The maximum absolute atomic E-state index is 11.9. The molecule has 4 heteroatoms. The number of benzene rings is 1. The van der Waals surface area contributed by atoms with Crippen molar-refractivity contribution in [2.24, 2.45) is 5.92 Å². The zero-order valence-electron chi connectivity index (χ0n) is 10.1. The second-order valence-corrected chi connectivity index (χ2v) is 5.56. The van der Waals surface area contributed by atoms with Gasteiger partial charge >= 0.3 is 0 Å². The number of rotatable bonds is 5. The summed E-state index contributed by atoms with van der Waals surface area (Å²) < 4.78 is 5.48. The number of hydrogen-bond acceptors (Lipinski definition) is 2. The van der Waals surface area contributed by atoms with Crippen molar-refractivity contribution < 1.29 is 9.53 Å². The molecule has 0 heterocycles. The van der Waals surface area contributed by atoms with E-state index in [2.05, 4.69) is 0 Å². The molecule has 1 fully saturated rings. The van der Waals surface area contributed by atoms with Crippen LogP contribution in [0.25, 0.3) is 0 Å². The largest absolute Gasteiger partial charge is 0.373 e. The Bertz CT molecular complexity index is 426. The summed E-state index contributed by atoms with van der Waals surface area (Å²) in [5.74, 6) is 0.508. The highest BCUT2D eigenvalue weighted by Crippen LogP contribution is 2.25. The van der Waals surface area contributed by atoms with Gasteiger partial charge in [-0.15, -0.1) is 0 Å². The zero-order chi connectivity index (χ0) is 13.0. The third-order valence-electron chi connectivity index (χ3n) is 3.29. The van der Waals surface area contributed by atoms with Crippen LogP contribution in [0.15, 0.2) is 18.2 Å². The number of ether oxygens (including phenoxy) is 1. The first kappa shape index (κ1) is 13.9. The van der Waals surface area contributed by atoms with E-state index in [9.17, 15) is 4.79 Å². The number of ketones is 1. The molecule has 1 saturated carbocycles. The molecule has 0 radical (unpaired) electrons. The third kappa shape index (κ3) is 3.71. The maximum atomic E-state index is 11.9. The summed E-state index contributed by atoms with van der Waals surface area (Å²) in [5.41, 5.74) is 0.440. The molecule has 0 spiro atoms. The summed E-state index contributed by atoms with van der Waals surface area (Å²) in [6, 6.07) is 4.89. The monoisotopic (exact) mass is 286 g/mol. The molecule has 0 saturated heterocycles. The van der Waals surface area contributed by atoms with Gasteiger partial charge in [-0.3, -0.25) is 4.79 Å². The molecule has 0 bridgehead atoms. The molecule has 1 aromatic carbocycles. The van der Waals surface area contributed by atoms with E-state index in [0.29, 0.717) is 28.1 Å². The van der Waals surface area contributed by atoms with E-state index in [0.717, 1.165) is 0 Å². The second-order valence-electron chi connectivity index (χ2n) is 4.71. The Hall–Kier alpha value is -0.570. The van der Waals surface area contributed by atoms with E-state index in [-0.39, 0.29) is 12.4 Å². The first-order chi connectivity index (χ1) is 8.66. The molecule has 2 nitrogen and oxygen atoms in total. The lowest BCUT2D eigenvalue weighted by Gasteiger charge is -2.10. The van der Waals surface area contributed by atoms with Gasteiger partial charge in [0, 0.05) is 10.6 Å². The fourth-order valence-corrected chi connectivity index (χ4v) is 2.68. The molecule has 0 unspecified atom stereocenters. The van der Waals surface area contributed by atoms with Gasteiger partial charge in [-0.2, -0.15) is 0 Å². The predicted octanol–water partition coefficient (Wildman–Crippen LogP) is 4.38. The number of Topliss-reactive ketones (excluding diaryl/α,β-unsaturated/α-hetero) is 1. The minimum absolute atomic E-state index is 0.0799. The molecule has 0 aromatic heterocycles. The van der Waals surface area contributed by atoms with Crippen LogP contribution in [0.4, 0.5) is 0 Å². The smallest absolute Gasteiger partial charge is 0.190 e. The Morgan fingerprint density at radius 1 is 1.28 bits per heavy atom. The Morgan fingerprint density at radius 3 is 2.72 bits per heavy atom. The maximum Gasteiger partial charge on any atom is 0.190 e. The summed E-state index contributed by atoms with van der Waals surface area (Å²) >= 11 is 11.8. The fourth-order valence-electron chi connectivity index (χ4n) is 2.28. The number of halogens is 2. The molecular weight excluding hydrogens is 271 g/mol. The molecule has 0 amide bonds. The van der Waals surface area contributed by atoms with E-state index in [1.165, 1.54) is 25.7 Å². The number of carbonyl (C=O) groups excluding carboxylic acids is 1. The molecule has 1 aliphatic carbocycles. The van der Waals surface area contributed by atoms with E-state index in [4.69, 9.17) is 27.9 Å². The molecule has 1 aromatic rings. The molecule has 0 aliphatic heterocycles. The van der Waals surface area contributed by atoms with E-state index in [1.54, 1.807) is 18.2 Å². The highest BCUT2D eigenvalue weighted by Gasteiger charge is 2.16. The topological polar surface area (TPSA) is 26.3 Å². The first-order valence-corrected chi connectivity index (χ1v) is 6.98. The van der Waals surface area contributed by atoms with Crippen molar-refractivity contribution in [3.05, 3.63) is 33.8 Å². The summed E-state index contributed by atoms with van der Waals surface area (Å²) in [6.07, 6.45) is 4.99. The van der Waals surface area contributed by atoms with Gasteiger partial charge in [0.15, 0.2) is 5.78 Å². The molecule has 1 aliphatic rings. The van der Waals surface area contributed by atoms with Crippen LogP contribution >= 0.6 is 23.2 Å². The van der Waals surface area contributed by atoms with Gasteiger partial charge in [-0.25, -0.2) is 0 Å². The van der Waals surface area contributed by atoms with Crippen LogP contribution in [-0.4, -0.2) is 19.0 Å². The van der Waals surface area contributed by atoms with Crippen molar-refractivity contribution in [3.8, 4) is 0 Å². The van der Waals surface area contributed by atoms with Crippen LogP contribution in [0.3, 0.4) is 0 Å². The van der Waals surface area contributed by atoms with Crippen molar-refractivity contribution in [2.45, 2.75) is 25.7 Å². The van der Waals surface area contributed by atoms with Crippen molar-refractivity contribution in [1.82, 2.24) is 0 Å². The fraction of sp³-hybridized carbons (Fsp3) is 0.500. The van der Waals surface area contributed by atoms with E-state index >= 15 is 0 Å². The van der Waals surface area contributed by atoms with E-state index in [1.807, 2.05) is 0 Å². The molecule has 0 atom stereocenters. The second kappa shape index (κ2) is 6.55. The normalized spacial score (nSPS) is 16.1. The molecule has 0 N–H and O–H groups in total. The summed E-state index contributed by atoms with van der Waals surface area (Å²) in [7, 11) is 0. The zero-order valence-corrected chi connectivity index (χ0v) is 11.6. The first-order valence-electron chi connectivity index (χ1n) is 6.23. The molecule has 2 rings (SSSR count). The van der Waals surface area contributed by atoms with Crippen molar-refractivity contribution in [3.63, 3.8) is 0 Å². The summed E-state index contributed by atoms with van der Waals surface area (Å²) in [5, 5.41) is 0.937. The van der Waals surface area contributed by atoms with Crippen LogP contribution in [0.5, 0.6) is 0 Å². The lowest BCUT2D eigenvalue weighted by molar-refractivity contribution is 0.0681. The summed E-state index contributed by atoms with van der Waals surface area (Å²) in [6.45, 7) is 0.750. The average Bonchev–Trinajstić information content (AvgIpc) is 2.85. The van der Waals surface area contributed by atoms with E-state index < -0.39 is 0 Å². The lowest BCUT2D eigenvalue weighted by Crippen LogP contribution is -2.14. The molecular formula is C14H16Cl2O2. The van der Waals surface area contributed by atoms with Gasteiger partial charge in [-0.1, -0.05) is 36.0 Å². The van der Waals surface area contributed by atoms with Crippen molar-refractivity contribution >= 4 is 29.0 Å². The van der Waals surface area contributed by atoms with Crippen LogP contribution in [0.1, 0.15) is 36.0 Å². The highest BCUT2D eigenvalue weighted by atomic mass is 35.5. The van der Waals surface area contributed by atoms with Gasteiger partial charge in [0.05, 0.1) is 11.6 Å². The van der Waals surface area contributed by atoms with Gasteiger partial charge in [-0.05, 0) is 37.0 Å². The number of carbonyl (C=O) groups is 1.